The van der Waals surface area contributed by atoms with E-state index in [2.05, 4.69) is 375 Å². The number of aromatic nitrogens is 5. The largest absolute Gasteiger partial charge is 0.458 e. The van der Waals surface area contributed by atoms with Crippen LogP contribution in [0.15, 0.2) is 352 Å². The van der Waals surface area contributed by atoms with Gasteiger partial charge in [-0.05, 0) is 177 Å². The van der Waals surface area contributed by atoms with E-state index >= 15 is 0 Å². The Hall–Kier alpha value is -13.6. The molecule has 7 heteroatoms. The Kier molecular flexibility index (Phi) is 11.7. The smallest absolute Gasteiger partial charge is 0.256 e. The molecule has 0 radical (unpaired) electrons. The highest BCUT2D eigenvalue weighted by atomic mass is 16.5. The minimum absolute atomic E-state index is 0.267. The van der Waals surface area contributed by atoms with Gasteiger partial charge in [0, 0.05) is 93.4 Å². The zero-order valence-electron chi connectivity index (χ0n) is 55.7. The van der Waals surface area contributed by atoms with Crippen molar-refractivity contribution in [3.8, 4) is 84.4 Å². The number of para-hydroxylation sites is 6. The van der Waals surface area contributed by atoms with Gasteiger partial charge in [-0.15, -0.1) is 0 Å². The maximum atomic E-state index is 7.72. The fourth-order valence-electron chi connectivity index (χ4n) is 18.3. The van der Waals surface area contributed by atoms with Crippen LogP contribution in [0.4, 0.5) is 0 Å². The van der Waals surface area contributed by atoms with Crippen LogP contribution in [-0.2, 0) is 0 Å². The van der Waals surface area contributed by atoms with Gasteiger partial charge in [-0.25, -0.2) is 0 Å². The first-order valence-electron chi connectivity index (χ1n) is 35.6. The van der Waals surface area contributed by atoms with Gasteiger partial charge in [0.15, 0.2) is 0 Å². The number of ether oxygens (including phenoxy) is 1. The van der Waals surface area contributed by atoms with Crippen LogP contribution >= 0.6 is 0 Å². The number of nitrogens with zero attached hydrogens (tertiary/aromatic N) is 5. The summed E-state index contributed by atoms with van der Waals surface area (Å²) in [5, 5.41) is 12.1. The number of fused-ring (bicyclic) bond motifs is 19. The lowest BCUT2D eigenvalue weighted by Gasteiger charge is -2.35. The van der Waals surface area contributed by atoms with Gasteiger partial charge in [0.1, 0.15) is 11.5 Å². The fourth-order valence-corrected chi connectivity index (χ4v) is 18.3. The minimum Gasteiger partial charge on any atom is -0.458 e. The average Bonchev–Trinajstić information content (AvgIpc) is 1.61. The molecule has 0 N–H and O–H groups in total. The summed E-state index contributed by atoms with van der Waals surface area (Å²) in [7, 11) is 0. The highest BCUT2D eigenvalue weighted by molar-refractivity contribution is 6.99. The van der Waals surface area contributed by atoms with Crippen LogP contribution < -0.4 is 21.1 Å². The van der Waals surface area contributed by atoms with Crippen LogP contribution in [0.25, 0.3) is 182 Å². The Labute approximate surface area is 592 Å². The van der Waals surface area contributed by atoms with Crippen LogP contribution in [0.3, 0.4) is 0 Å². The molecule has 0 atom stereocenters. The Morgan fingerprint density at radius 3 is 1.05 bits per heavy atom. The molecule has 16 aromatic carbocycles. The van der Waals surface area contributed by atoms with Crippen LogP contribution in [0.2, 0.25) is 0 Å². The van der Waals surface area contributed by atoms with E-state index in [1.807, 2.05) is 0 Å². The van der Waals surface area contributed by atoms with E-state index in [0.717, 1.165) is 112 Å². The summed E-state index contributed by atoms with van der Waals surface area (Å²) in [6, 6.07) is 131. The fraction of sp³-hybridized carbons (Fsp3) is 0. The Morgan fingerprint density at radius 1 is 0.214 bits per heavy atom. The number of rotatable bonds is 8. The van der Waals surface area contributed by atoms with Crippen LogP contribution in [0.1, 0.15) is 0 Å². The summed E-state index contributed by atoms with van der Waals surface area (Å²) < 4.78 is 20.2. The van der Waals surface area contributed by atoms with E-state index < -0.39 is 0 Å². The number of hydrogen-bond donors (Lipinski definition) is 0. The van der Waals surface area contributed by atoms with Crippen molar-refractivity contribution in [2.45, 2.75) is 0 Å². The molecule has 5 aromatic heterocycles. The Bertz CT molecular complexity index is 7120. The van der Waals surface area contributed by atoms with Gasteiger partial charge in [-0.2, -0.15) is 0 Å². The van der Waals surface area contributed by atoms with Crippen LogP contribution in [-0.4, -0.2) is 29.5 Å². The molecule has 103 heavy (non-hydrogen) atoms. The second kappa shape index (κ2) is 21.4. The monoisotopic (exact) mass is 1310 g/mol. The Balaban J connectivity index is 0.810. The van der Waals surface area contributed by atoms with Crippen molar-refractivity contribution in [3.63, 3.8) is 0 Å². The van der Waals surface area contributed by atoms with Crippen molar-refractivity contribution in [1.82, 2.24) is 22.8 Å². The minimum atomic E-state index is -0.267. The summed E-state index contributed by atoms with van der Waals surface area (Å²) in [5.41, 5.74) is 29.8. The molecule has 476 valence electrons. The number of hydrogen-bond acceptors (Lipinski definition) is 1. The third-order valence-corrected chi connectivity index (χ3v) is 22.5. The summed E-state index contributed by atoms with van der Waals surface area (Å²) in [6.07, 6.45) is 0. The summed E-state index contributed by atoms with van der Waals surface area (Å²) in [5.74, 6) is 1.72. The Morgan fingerprint density at radius 2 is 0.573 bits per heavy atom. The molecule has 7 heterocycles. The third kappa shape index (κ3) is 7.99. The van der Waals surface area contributed by atoms with E-state index in [9.17, 15) is 0 Å². The molecule has 0 saturated heterocycles. The summed E-state index contributed by atoms with van der Waals surface area (Å²) in [6.45, 7) is -0.267. The van der Waals surface area contributed by atoms with Crippen molar-refractivity contribution in [2.24, 2.45) is 0 Å². The van der Waals surface area contributed by atoms with E-state index in [1.54, 1.807) is 0 Å². The quantitative estimate of drug-likeness (QED) is 0.140. The normalized spacial score (nSPS) is 12.5. The lowest BCUT2D eigenvalue weighted by molar-refractivity contribution is 0.489. The topological polar surface area (TPSA) is 33.9 Å². The highest BCUT2D eigenvalue weighted by Crippen LogP contribution is 2.48. The molecule has 23 rings (SSSR count). The van der Waals surface area contributed by atoms with E-state index in [1.165, 1.54) is 98.0 Å². The van der Waals surface area contributed by atoms with Gasteiger partial charge in [-0.3, -0.25) is 0 Å². The predicted molar refractivity (Wildman–Crippen MR) is 431 cm³/mol. The second-order valence-electron chi connectivity index (χ2n) is 27.8. The van der Waals surface area contributed by atoms with Crippen molar-refractivity contribution in [1.29, 1.82) is 0 Å². The molecule has 0 saturated carbocycles. The van der Waals surface area contributed by atoms with Crippen molar-refractivity contribution >= 4 is 132 Å². The third-order valence-electron chi connectivity index (χ3n) is 22.5. The molecule has 2 aliphatic rings. The van der Waals surface area contributed by atoms with Gasteiger partial charge in [0.05, 0.1) is 49.7 Å². The molecule has 21 aromatic rings. The standard InChI is InChI=1S/C96H58BN5O/c1-3-24-59(25-4-1)66-28-7-8-30-68(66)61-52-80(69-31-10-9-29-67(69)60-26-5-2-6-27-60)96-82(53-61)97-81-58-65(101-88-43-22-16-37-75(88)77-55-63(47-50-90(77)101)99-85-40-19-13-34-72(85)73-35-14-20-41-86(73)99)57-79-78-56-64(48-51-91(78)102(95(79)81)92-44-23-45-93(103-96)94(92)97)100-87-42-21-15-36-74(87)76-54-62(46-49-89(76)100)98-83-38-17-11-32-70(83)71-33-12-18-39-84(71)98/h1-58H. The maximum Gasteiger partial charge on any atom is 0.256 e. The molecule has 0 amide bonds. The van der Waals surface area contributed by atoms with E-state index in [4.69, 9.17) is 4.74 Å². The summed E-state index contributed by atoms with van der Waals surface area (Å²) >= 11 is 0. The molecule has 0 fully saturated rings. The van der Waals surface area contributed by atoms with Crippen LogP contribution in [0.5, 0.6) is 11.5 Å². The zero-order valence-corrected chi connectivity index (χ0v) is 55.7. The van der Waals surface area contributed by atoms with E-state index in [-0.39, 0.29) is 6.71 Å². The number of benzene rings is 16. The van der Waals surface area contributed by atoms with Crippen molar-refractivity contribution in [3.05, 3.63) is 352 Å². The maximum absolute atomic E-state index is 7.72. The first-order valence-corrected chi connectivity index (χ1v) is 35.6. The summed E-state index contributed by atoms with van der Waals surface area (Å²) in [4.78, 5) is 0. The lowest BCUT2D eigenvalue weighted by Crippen LogP contribution is -2.58. The SMILES string of the molecule is c1ccc(-c2ccccc2-c2cc3c(c(-c4ccccc4-c4ccccc4)c2)Oc2cccc4c2B3c2cc(-n3c5ccccc5c5cc(-n6c7ccccc7c7ccccc76)ccc53)cc3c5cc(-n6c7ccccc7c7cc(-n8c9ccccc9c9ccccc98)ccc76)ccc5n-4c23)cc1. The van der Waals surface area contributed by atoms with Gasteiger partial charge in [0.25, 0.3) is 6.71 Å². The van der Waals surface area contributed by atoms with Crippen LogP contribution in [0, 0.1) is 0 Å². The van der Waals surface area contributed by atoms with Gasteiger partial charge < -0.3 is 27.6 Å². The highest BCUT2D eigenvalue weighted by Gasteiger charge is 2.43. The first-order chi connectivity index (χ1) is 51.1. The van der Waals surface area contributed by atoms with E-state index in [0.29, 0.717) is 0 Å². The zero-order chi connectivity index (χ0) is 67.1. The predicted octanol–water partition coefficient (Wildman–Crippen LogP) is 22.8. The lowest BCUT2D eigenvalue weighted by atomic mass is 9.34. The van der Waals surface area contributed by atoms with Gasteiger partial charge in [0.2, 0.25) is 0 Å². The van der Waals surface area contributed by atoms with Gasteiger partial charge in [-0.1, -0.05) is 231 Å². The molecule has 0 aliphatic carbocycles. The molecule has 0 unspecified atom stereocenters. The molecule has 0 bridgehead atoms. The average molecular weight is 1310 g/mol. The molecule has 2 aliphatic heterocycles. The molecular weight excluding hydrogens is 1250 g/mol. The molecular formula is C96H58BN5O. The van der Waals surface area contributed by atoms with Gasteiger partial charge >= 0.3 is 0 Å². The molecule has 6 nitrogen and oxygen atoms in total. The second-order valence-corrected chi connectivity index (χ2v) is 27.8. The first kappa shape index (κ1) is 56.3. The van der Waals surface area contributed by atoms with Crippen molar-refractivity contribution in [2.75, 3.05) is 0 Å². The van der Waals surface area contributed by atoms with Crippen molar-refractivity contribution < 1.29 is 4.74 Å². The molecule has 0 spiro atoms.